The van der Waals surface area contributed by atoms with E-state index in [2.05, 4.69) is 26.1 Å². The van der Waals surface area contributed by atoms with Crippen LogP contribution in [-0.4, -0.2) is 13.1 Å². The molecule has 74 valence electrons. The molecule has 0 aromatic carbocycles. The lowest BCUT2D eigenvalue weighted by molar-refractivity contribution is 0.353. The van der Waals surface area contributed by atoms with Crippen LogP contribution >= 0.6 is 0 Å². The summed E-state index contributed by atoms with van der Waals surface area (Å²) in [6, 6.07) is 0. The van der Waals surface area contributed by atoms with Gasteiger partial charge in [0.05, 0.1) is 0 Å². The summed E-state index contributed by atoms with van der Waals surface area (Å²) in [7, 11) is 0. The van der Waals surface area contributed by atoms with E-state index in [0.717, 1.165) is 11.3 Å². The molecule has 1 saturated heterocycles. The van der Waals surface area contributed by atoms with Crippen LogP contribution in [0.3, 0.4) is 0 Å². The van der Waals surface area contributed by atoms with Crippen LogP contribution in [0.5, 0.6) is 0 Å². The SMILES string of the molecule is C1CC2(CCN1)CC2.CC(C)C.[HH]. The molecule has 0 aromatic rings. The largest absolute Gasteiger partial charge is 0.317 e. The van der Waals surface area contributed by atoms with Crippen LogP contribution in [0.2, 0.25) is 0 Å². The van der Waals surface area contributed by atoms with Crippen molar-refractivity contribution in [1.29, 1.82) is 0 Å². The van der Waals surface area contributed by atoms with Crippen molar-refractivity contribution in [3.05, 3.63) is 0 Å². The van der Waals surface area contributed by atoms with Gasteiger partial charge >= 0.3 is 0 Å². The summed E-state index contributed by atoms with van der Waals surface area (Å²) in [5.74, 6) is 0.833. The highest BCUT2D eigenvalue weighted by molar-refractivity contribution is 4.95. The van der Waals surface area contributed by atoms with E-state index < -0.39 is 0 Å². The fraction of sp³-hybridized carbons (Fsp3) is 1.00. The van der Waals surface area contributed by atoms with Crippen molar-refractivity contribution in [2.45, 2.75) is 46.5 Å². The van der Waals surface area contributed by atoms with Gasteiger partial charge in [-0.25, -0.2) is 0 Å². The molecule has 1 spiro atoms. The molecule has 2 aliphatic rings. The minimum absolute atomic E-state index is 0. The Kier molecular flexibility index (Phi) is 3.57. The minimum atomic E-state index is 0. The quantitative estimate of drug-likeness (QED) is 0.590. The van der Waals surface area contributed by atoms with E-state index in [1.807, 2.05) is 0 Å². The molecular weight excluding hydrogens is 146 g/mol. The molecule has 1 nitrogen and oxygen atoms in total. The molecule has 0 bridgehead atoms. The van der Waals surface area contributed by atoms with E-state index in [4.69, 9.17) is 0 Å². The first kappa shape index (κ1) is 10.0. The Labute approximate surface area is 78.4 Å². The predicted octanol–water partition coefficient (Wildman–Crippen LogP) is 3.06. The minimum Gasteiger partial charge on any atom is -0.317 e. The Bertz CT molecular complexity index is 119. The average molecular weight is 171 g/mol. The van der Waals surface area contributed by atoms with Gasteiger partial charge < -0.3 is 5.32 Å². The summed E-state index contributed by atoms with van der Waals surface area (Å²) >= 11 is 0. The second-order valence-electron chi connectivity index (χ2n) is 4.98. The number of nitrogens with one attached hydrogen (secondary N) is 1. The highest BCUT2D eigenvalue weighted by Gasteiger charge is 2.42. The monoisotopic (exact) mass is 171 g/mol. The van der Waals surface area contributed by atoms with E-state index in [0.29, 0.717) is 0 Å². The standard InChI is InChI=1S/C7H13N.C4H10.H2/c1-2-7(1)3-5-8-6-4-7;1-4(2)3;/h8H,1-6H2;4H,1-3H3;1H. The van der Waals surface area contributed by atoms with Gasteiger partial charge in [0, 0.05) is 1.43 Å². The van der Waals surface area contributed by atoms with E-state index in [9.17, 15) is 0 Å². The first-order valence-corrected chi connectivity index (χ1v) is 5.35. The van der Waals surface area contributed by atoms with Gasteiger partial charge in [-0.3, -0.25) is 0 Å². The van der Waals surface area contributed by atoms with Gasteiger partial charge in [0.15, 0.2) is 0 Å². The third kappa shape index (κ3) is 3.57. The lowest BCUT2D eigenvalue weighted by atomic mass is 9.95. The fourth-order valence-corrected chi connectivity index (χ4v) is 1.63. The van der Waals surface area contributed by atoms with Crippen molar-refractivity contribution >= 4 is 0 Å². The second kappa shape index (κ2) is 4.27. The van der Waals surface area contributed by atoms with E-state index in [-0.39, 0.29) is 1.43 Å². The normalized spacial score (nSPS) is 25.0. The maximum atomic E-state index is 3.38. The molecule has 1 aliphatic heterocycles. The van der Waals surface area contributed by atoms with Crippen molar-refractivity contribution in [3.63, 3.8) is 0 Å². The maximum Gasteiger partial charge on any atom is 0 e. The van der Waals surface area contributed by atoms with Gasteiger partial charge in [0.2, 0.25) is 0 Å². The maximum absolute atomic E-state index is 3.38. The van der Waals surface area contributed by atoms with Crippen LogP contribution in [0.4, 0.5) is 0 Å². The van der Waals surface area contributed by atoms with E-state index in [1.54, 1.807) is 0 Å². The van der Waals surface area contributed by atoms with Crippen molar-refractivity contribution in [2.75, 3.05) is 13.1 Å². The zero-order chi connectivity index (χ0) is 9.03. The fourth-order valence-electron chi connectivity index (χ4n) is 1.63. The Morgan fingerprint density at radius 2 is 1.42 bits per heavy atom. The average Bonchev–Trinajstić information content (AvgIpc) is 2.70. The molecule has 1 aliphatic carbocycles. The number of rotatable bonds is 0. The second-order valence-corrected chi connectivity index (χ2v) is 4.98. The van der Waals surface area contributed by atoms with E-state index >= 15 is 0 Å². The third-order valence-electron chi connectivity index (χ3n) is 2.62. The van der Waals surface area contributed by atoms with Crippen LogP contribution in [0, 0.1) is 11.3 Å². The molecule has 2 rings (SSSR count). The van der Waals surface area contributed by atoms with Crippen LogP contribution in [0.25, 0.3) is 0 Å². The van der Waals surface area contributed by atoms with Crippen LogP contribution < -0.4 is 5.32 Å². The highest BCUT2D eigenvalue weighted by Crippen LogP contribution is 2.52. The Hall–Kier alpha value is -0.0400. The van der Waals surface area contributed by atoms with Gasteiger partial charge in [0.1, 0.15) is 0 Å². The zero-order valence-electron chi connectivity index (χ0n) is 8.82. The molecule has 1 heterocycles. The molecule has 1 N–H and O–H groups in total. The smallest absolute Gasteiger partial charge is 0 e. The Balaban J connectivity index is 0.000000256. The number of hydrogen-bond donors (Lipinski definition) is 1. The van der Waals surface area contributed by atoms with Crippen LogP contribution in [0.15, 0.2) is 0 Å². The summed E-state index contributed by atoms with van der Waals surface area (Å²) in [6.45, 7) is 9.06. The molecule has 12 heavy (non-hydrogen) atoms. The highest BCUT2D eigenvalue weighted by atomic mass is 14.9. The topological polar surface area (TPSA) is 12.0 Å². The summed E-state index contributed by atoms with van der Waals surface area (Å²) in [6.07, 6.45) is 5.95. The molecule has 0 amide bonds. The Morgan fingerprint density at radius 3 is 1.67 bits per heavy atom. The number of hydrogen-bond acceptors (Lipinski definition) is 1. The summed E-state index contributed by atoms with van der Waals surface area (Å²) < 4.78 is 0. The molecule has 0 atom stereocenters. The van der Waals surface area contributed by atoms with Gasteiger partial charge in [-0.15, -0.1) is 0 Å². The molecule has 0 aromatic heterocycles. The lowest BCUT2D eigenvalue weighted by Gasteiger charge is -2.20. The number of piperidine rings is 1. The van der Waals surface area contributed by atoms with Gasteiger partial charge in [-0.05, 0) is 50.1 Å². The van der Waals surface area contributed by atoms with Crippen molar-refractivity contribution in [2.24, 2.45) is 11.3 Å². The molecule has 1 heteroatoms. The lowest BCUT2D eigenvalue weighted by Crippen LogP contribution is -2.28. The summed E-state index contributed by atoms with van der Waals surface area (Å²) in [5, 5.41) is 3.38. The molecule has 2 fully saturated rings. The van der Waals surface area contributed by atoms with Gasteiger partial charge in [0.25, 0.3) is 0 Å². The van der Waals surface area contributed by atoms with Crippen molar-refractivity contribution < 1.29 is 1.43 Å². The first-order chi connectivity index (χ1) is 5.65. The summed E-state index contributed by atoms with van der Waals surface area (Å²) in [4.78, 5) is 0. The van der Waals surface area contributed by atoms with Crippen molar-refractivity contribution in [3.8, 4) is 0 Å². The van der Waals surface area contributed by atoms with Crippen LogP contribution in [0.1, 0.15) is 47.9 Å². The Morgan fingerprint density at radius 1 is 1.00 bits per heavy atom. The zero-order valence-corrected chi connectivity index (χ0v) is 8.82. The first-order valence-electron chi connectivity index (χ1n) is 5.35. The van der Waals surface area contributed by atoms with Crippen molar-refractivity contribution in [1.82, 2.24) is 5.32 Å². The third-order valence-corrected chi connectivity index (χ3v) is 2.62. The molecule has 1 saturated carbocycles. The van der Waals surface area contributed by atoms with Crippen LogP contribution in [-0.2, 0) is 0 Å². The molecule has 0 radical (unpaired) electrons. The predicted molar refractivity (Wildman–Crippen MR) is 56.4 cm³/mol. The summed E-state index contributed by atoms with van der Waals surface area (Å²) in [5.41, 5.74) is 0.866. The van der Waals surface area contributed by atoms with Gasteiger partial charge in [-0.1, -0.05) is 20.8 Å². The van der Waals surface area contributed by atoms with E-state index in [1.165, 1.54) is 38.8 Å². The molecule has 0 unspecified atom stereocenters. The molecular formula is C11H25N. The van der Waals surface area contributed by atoms with Gasteiger partial charge in [-0.2, -0.15) is 0 Å².